The molecule has 2 aromatic rings. The maximum atomic E-state index is 13.1. The Balaban J connectivity index is 1.79. The molecule has 2 aromatic carbocycles. The summed E-state index contributed by atoms with van der Waals surface area (Å²) in [6.45, 7) is 4.69. The number of hydrogen-bond acceptors (Lipinski definition) is 3. The van der Waals surface area contributed by atoms with Crippen LogP contribution in [0, 0.1) is 0 Å². The number of carbonyl (C=O) groups excluding carboxylic acids is 1. The van der Waals surface area contributed by atoms with E-state index in [0.717, 1.165) is 49.7 Å². The summed E-state index contributed by atoms with van der Waals surface area (Å²) in [5.41, 5.74) is -0.189. The highest BCUT2D eigenvalue weighted by Gasteiger charge is 2.32. The average molecular weight is 440 g/mol. The second-order valence-electron chi connectivity index (χ2n) is 7.36. The van der Waals surface area contributed by atoms with E-state index in [1.807, 2.05) is 30.3 Å². The molecule has 0 spiro atoms. The van der Waals surface area contributed by atoms with Crippen molar-refractivity contribution < 1.29 is 18.0 Å². The SMILES string of the molecule is CCN1CCC[C@H]1CN[C@H](C(=O)Nc1cc(C(F)(F)F)ccc1Cl)c1ccccc1. The van der Waals surface area contributed by atoms with E-state index in [4.69, 9.17) is 11.6 Å². The number of likely N-dealkylation sites (N-methyl/N-ethyl adjacent to an activating group) is 1. The predicted octanol–water partition coefficient (Wildman–Crippen LogP) is 5.11. The van der Waals surface area contributed by atoms with Crippen molar-refractivity contribution in [2.24, 2.45) is 0 Å². The number of amides is 1. The topological polar surface area (TPSA) is 44.4 Å². The number of anilines is 1. The second-order valence-corrected chi connectivity index (χ2v) is 7.77. The minimum atomic E-state index is -4.52. The first-order valence-corrected chi connectivity index (χ1v) is 10.4. The zero-order chi connectivity index (χ0) is 21.7. The van der Waals surface area contributed by atoms with Gasteiger partial charge in [0, 0.05) is 12.6 Å². The zero-order valence-electron chi connectivity index (χ0n) is 16.7. The fraction of sp³-hybridized carbons (Fsp3) is 0.409. The summed E-state index contributed by atoms with van der Waals surface area (Å²) in [5, 5.41) is 5.93. The molecule has 4 nitrogen and oxygen atoms in total. The molecule has 0 saturated carbocycles. The predicted molar refractivity (Wildman–Crippen MR) is 113 cm³/mol. The quantitative estimate of drug-likeness (QED) is 0.630. The maximum Gasteiger partial charge on any atom is 0.416 e. The Kier molecular flexibility index (Phi) is 7.39. The van der Waals surface area contributed by atoms with Crippen molar-refractivity contribution in [3.63, 3.8) is 0 Å². The van der Waals surface area contributed by atoms with E-state index in [1.165, 1.54) is 0 Å². The monoisotopic (exact) mass is 439 g/mol. The number of hydrogen-bond donors (Lipinski definition) is 2. The summed E-state index contributed by atoms with van der Waals surface area (Å²) in [5.74, 6) is -0.455. The minimum absolute atomic E-state index is 0.0520. The number of rotatable bonds is 7. The Morgan fingerprint density at radius 3 is 2.63 bits per heavy atom. The summed E-state index contributed by atoms with van der Waals surface area (Å²) >= 11 is 6.05. The Hall–Kier alpha value is -2.09. The van der Waals surface area contributed by atoms with E-state index in [-0.39, 0.29) is 10.7 Å². The van der Waals surface area contributed by atoms with E-state index < -0.39 is 23.7 Å². The van der Waals surface area contributed by atoms with Gasteiger partial charge in [0.1, 0.15) is 6.04 Å². The molecule has 30 heavy (non-hydrogen) atoms. The minimum Gasteiger partial charge on any atom is -0.323 e. The average Bonchev–Trinajstić information content (AvgIpc) is 3.17. The van der Waals surface area contributed by atoms with E-state index >= 15 is 0 Å². The molecule has 0 aliphatic carbocycles. The molecule has 1 saturated heterocycles. The van der Waals surface area contributed by atoms with Gasteiger partial charge in [0.2, 0.25) is 5.91 Å². The standard InChI is InChI=1S/C22H25ClF3N3O/c1-2-29-12-6-9-17(29)14-27-20(15-7-4-3-5-8-15)21(30)28-19-13-16(22(24,25)26)10-11-18(19)23/h3-5,7-8,10-11,13,17,20,27H,2,6,9,12,14H2,1H3,(H,28,30)/t17-,20-/m0/s1. The molecule has 1 heterocycles. The van der Waals surface area contributed by atoms with Gasteiger partial charge >= 0.3 is 6.18 Å². The van der Waals surface area contributed by atoms with Crippen molar-refractivity contribution in [3.8, 4) is 0 Å². The Morgan fingerprint density at radius 1 is 1.23 bits per heavy atom. The van der Waals surface area contributed by atoms with E-state index in [2.05, 4.69) is 22.5 Å². The van der Waals surface area contributed by atoms with Gasteiger partial charge in [0.05, 0.1) is 16.3 Å². The second kappa shape index (κ2) is 9.81. The van der Waals surface area contributed by atoms with Crippen LogP contribution < -0.4 is 10.6 Å². The molecule has 1 aliphatic heterocycles. The molecule has 8 heteroatoms. The molecule has 1 amide bonds. The van der Waals surface area contributed by atoms with Crippen LogP contribution in [0.4, 0.5) is 18.9 Å². The first kappa shape index (κ1) is 22.6. The van der Waals surface area contributed by atoms with Gasteiger partial charge in [-0.3, -0.25) is 9.69 Å². The molecular formula is C22H25ClF3N3O. The van der Waals surface area contributed by atoms with Gasteiger partial charge in [-0.25, -0.2) is 0 Å². The third kappa shape index (κ3) is 5.53. The highest BCUT2D eigenvalue weighted by atomic mass is 35.5. The lowest BCUT2D eigenvalue weighted by Crippen LogP contribution is -2.42. The van der Waals surface area contributed by atoms with Gasteiger partial charge in [0.25, 0.3) is 0 Å². The molecule has 162 valence electrons. The number of likely N-dealkylation sites (tertiary alicyclic amines) is 1. The summed E-state index contributed by atoms with van der Waals surface area (Å²) in [6, 6.07) is 11.6. The number of benzene rings is 2. The molecular weight excluding hydrogens is 415 g/mol. The van der Waals surface area contributed by atoms with Gasteiger partial charge < -0.3 is 10.6 Å². The fourth-order valence-electron chi connectivity index (χ4n) is 3.81. The summed E-state index contributed by atoms with van der Waals surface area (Å²) in [7, 11) is 0. The van der Waals surface area contributed by atoms with E-state index in [9.17, 15) is 18.0 Å². The van der Waals surface area contributed by atoms with Crippen LogP contribution in [0.15, 0.2) is 48.5 Å². The van der Waals surface area contributed by atoms with Crippen LogP contribution in [0.25, 0.3) is 0 Å². The molecule has 1 aliphatic rings. The summed E-state index contributed by atoms with van der Waals surface area (Å²) in [4.78, 5) is 15.4. The lowest BCUT2D eigenvalue weighted by atomic mass is 10.0. The van der Waals surface area contributed by atoms with Crippen LogP contribution in [0.2, 0.25) is 5.02 Å². The van der Waals surface area contributed by atoms with Crippen LogP contribution >= 0.6 is 11.6 Å². The van der Waals surface area contributed by atoms with Crippen molar-refractivity contribution in [1.29, 1.82) is 0 Å². The van der Waals surface area contributed by atoms with E-state index in [1.54, 1.807) is 0 Å². The lowest BCUT2D eigenvalue weighted by Gasteiger charge is -2.26. The zero-order valence-corrected chi connectivity index (χ0v) is 17.4. The Morgan fingerprint density at radius 2 is 1.97 bits per heavy atom. The van der Waals surface area contributed by atoms with Gasteiger partial charge in [-0.2, -0.15) is 13.2 Å². The maximum absolute atomic E-state index is 13.1. The fourth-order valence-corrected chi connectivity index (χ4v) is 3.97. The first-order valence-electron chi connectivity index (χ1n) is 9.99. The number of carbonyl (C=O) groups is 1. The van der Waals surface area contributed by atoms with Crippen molar-refractivity contribution in [1.82, 2.24) is 10.2 Å². The molecule has 2 atom stereocenters. The van der Waals surface area contributed by atoms with Gasteiger partial charge in [0.15, 0.2) is 0 Å². The number of alkyl halides is 3. The van der Waals surface area contributed by atoms with Crippen molar-refractivity contribution in [2.45, 2.75) is 38.0 Å². The first-order chi connectivity index (χ1) is 14.3. The lowest BCUT2D eigenvalue weighted by molar-refractivity contribution is -0.137. The third-order valence-corrected chi connectivity index (χ3v) is 5.74. The van der Waals surface area contributed by atoms with Gasteiger partial charge in [-0.15, -0.1) is 0 Å². The summed E-state index contributed by atoms with van der Waals surface area (Å²) < 4.78 is 39.2. The van der Waals surface area contributed by atoms with Crippen LogP contribution in [0.3, 0.4) is 0 Å². The highest BCUT2D eigenvalue weighted by Crippen LogP contribution is 2.34. The number of nitrogens with one attached hydrogen (secondary N) is 2. The van der Waals surface area contributed by atoms with Gasteiger partial charge in [-0.1, -0.05) is 48.9 Å². The van der Waals surface area contributed by atoms with E-state index in [0.29, 0.717) is 12.6 Å². The van der Waals surface area contributed by atoms with Crippen LogP contribution in [-0.2, 0) is 11.0 Å². The van der Waals surface area contributed by atoms with Crippen LogP contribution in [0.1, 0.15) is 36.9 Å². The molecule has 0 bridgehead atoms. The highest BCUT2D eigenvalue weighted by molar-refractivity contribution is 6.33. The molecule has 3 rings (SSSR count). The smallest absolute Gasteiger partial charge is 0.323 e. The molecule has 0 unspecified atom stereocenters. The largest absolute Gasteiger partial charge is 0.416 e. The summed E-state index contributed by atoms with van der Waals surface area (Å²) in [6.07, 6.45) is -2.36. The number of halogens is 4. The normalized spacial score (nSPS) is 18.4. The third-order valence-electron chi connectivity index (χ3n) is 5.41. The van der Waals surface area contributed by atoms with Crippen molar-refractivity contribution in [3.05, 3.63) is 64.7 Å². The van der Waals surface area contributed by atoms with Crippen molar-refractivity contribution >= 4 is 23.2 Å². The Labute approximate surface area is 179 Å². The van der Waals surface area contributed by atoms with Gasteiger partial charge in [-0.05, 0) is 49.7 Å². The molecule has 0 radical (unpaired) electrons. The molecule has 0 aromatic heterocycles. The van der Waals surface area contributed by atoms with Crippen LogP contribution in [-0.4, -0.2) is 36.5 Å². The van der Waals surface area contributed by atoms with Crippen molar-refractivity contribution in [2.75, 3.05) is 25.0 Å². The number of nitrogens with zero attached hydrogens (tertiary/aromatic N) is 1. The Bertz CT molecular complexity index is 860. The molecule has 2 N–H and O–H groups in total. The molecule has 1 fully saturated rings. The van der Waals surface area contributed by atoms with Crippen LogP contribution in [0.5, 0.6) is 0 Å².